The topological polar surface area (TPSA) is 152 Å². The van der Waals surface area contributed by atoms with Gasteiger partial charge in [-0.2, -0.15) is 0 Å². The molecule has 0 atom stereocenters. The summed E-state index contributed by atoms with van der Waals surface area (Å²) < 4.78 is 2.92. The second-order valence-corrected chi connectivity index (χ2v) is 9.39. The Bertz CT molecular complexity index is 1990. The number of fused-ring (bicyclic) bond motifs is 3. The molecule has 0 bridgehead atoms. The third-order valence-corrected chi connectivity index (χ3v) is 6.94. The first-order chi connectivity index (χ1) is 20.0. The Labute approximate surface area is 230 Å². The fourth-order valence-electron chi connectivity index (χ4n) is 4.95. The van der Waals surface area contributed by atoms with E-state index >= 15 is 0 Å². The van der Waals surface area contributed by atoms with Crippen LogP contribution in [0.4, 0.5) is 0 Å². The van der Waals surface area contributed by atoms with Gasteiger partial charge in [-0.1, -0.05) is 46.8 Å². The smallest absolute Gasteiger partial charge is 0.337 e. The largest absolute Gasteiger partial charge is 0.478 e. The third-order valence-electron chi connectivity index (χ3n) is 6.94. The Morgan fingerprint density at radius 3 is 1.49 bits per heavy atom. The summed E-state index contributed by atoms with van der Waals surface area (Å²) in [5.41, 5.74) is 5.81. The van der Waals surface area contributed by atoms with Crippen LogP contribution in [0.25, 0.3) is 55.7 Å². The molecule has 0 saturated carbocycles. The molecular weight excluding hydrogens is 522 g/mol. The van der Waals surface area contributed by atoms with E-state index in [1.165, 1.54) is 21.5 Å². The first-order valence-electron chi connectivity index (χ1n) is 12.5. The van der Waals surface area contributed by atoms with Crippen LogP contribution in [0.15, 0.2) is 97.3 Å². The number of para-hydroxylation sites is 2. The molecule has 0 unspecified atom stereocenters. The zero-order chi connectivity index (χ0) is 28.1. The second-order valence-electron chi connectivity index (χ2n) is 9.39. The number of benzene rings is 4. The van der Waals surface area contributed by atoms with Crippen LogP contribution in [-0.4, -0.2) is 57.1 Å². The highest BCUT2D eigenvalue weighted by atomic mass is 16.4. The molecule has 0 saturated heterocycles. The van der Waals surface area contributed by atoms with E-state index in [-0.39, 0.29) is 11.1 Å². The van der Waals surface area contributed by atoms with Crippen LogP contribution in [0.5, 0.6) is 0 Å². The molecule has 0 aliphatic heterocycles. The normalized spacial score (nSPS) is 11.3. The zero-order valence-electron chi connectivity index (χ0n) is 21.1. The van der Waals surface area contributed by atoms with Gasteiger partial charge in [0.15, 0.2) is 0 Å². The van der Waals surface area contributed by atoms with Gasteiger partial charge in [0.2, 0.25) is 0 Å². The molecular formula is C30H19N7O4. The van der Waals surface area contributed by atoms with Crippen LogP contribution in [0.3, 0.4) is 0 Å². The van der Waals surface area contributed by atoms with Crippen molar-refractivity contribution in [3.05, 3.63) is 108 Å². The number of hydrogen-bond acceptors (Lipinski definition) is 6. The number of aromatic amines is 1. The lowest BCUT2D eigenvalue weighted by atomic mass is 10.0. The van der Waals surface area contributed by atoms with Gasteiger partial charge in [0.05, 0.1) is 34.9 Å². The quantitative estimate of drug-likeness (QED) is 0.259. The van der Waals surface area contributed by atoms with Gasteiger partial charge in [0, 0.05) is 32.9 Å². The highest BCUT2D eigenvalue weighted by molar-refractivity contribution is 6.09. The van der Waals surface area contributed by atoms with E-state index < -0.39 is 11.9 Å². The number of H-pyrrole nitrogens is 1. The molecule has 0 aliphatic rings. The first-order valence-corrected chi connectivity index (χ1v) is 12.5. The van der Waals surface area contributed by atoms with Gasteiger partial charge in [-0.25, -0.2) is 19.0 Å². The van der Waals surface area contributed by atoms with Crippen molar-refractivity contribution in [2.24, 2.45) is 0 Å². The summed E-state index contributed by atoms with van der Waals surface area (Å²) in [6.07, 6.45) is 3.41. The molecule has 11 heteroatoms. The number of aromatic nitrogens is 7. The lowest BCUT2D eigenvalue weighted by Gasteiger charge is -2.04. The molecule has 3 heterocycles. The molecule has 7 rings (SSSR count). The first kappa shape index (κ1) is 24.0. The SMILES string of the molecule is O=C(O)c1ccccc1-n1cc(-c2ccc3[nH]c4ccc(-c5cn(-c6ccccc6C(=O)O)nn5)cc4c3c2)nn1. The predicted octanol–water partition coefficient (Wildman–Crippen LogP) is 5.21. The van der Waals surface area contributed by atoms with Gasteiger partial charge in [-0.3, -0.25) is 0 Å². The molecule has 0 radical (unpaired) electrons. The fraction of sp³-hybridized carbons (Fsp3) is 0. The second kappa shape index (κ2) is 9.27. The van der Waals surface area contributed by atoms with E-state index in [4.69, 9.17) is 0 Å². The Balaban J connectivity index is 1.27. The third kappa shape index (κ3) is 4.08. The molecule has 4 aromatic carbocycles. The number of hydrogen-bond donors (Lipinski definition) is 3. The van der Waals surface area contributed by atoms with E-state index in [1.807, 2.05) is 36.4 Å². The molecule has 198 valence electrons. The number of carboxylic acid groups (broad SMARTS) is 2. The van der Waals surface area contributed by atoms with Crippen molar-refractivity contribution < 1.29 is 19.8 Å². The summed E-state index contributed by atoms with van der Waals surface area (Å²) in [6, 6.07) is 25.1. The molecule has 41 heavy (non-hydrogen) atoms. The lowest BCUT2D eigenvalue weighted by molar-refractivity contribution is 0.0686. The number of nitrogens with zero attached hydrogens (tertiary/aromatic N) is 6. The van der Waals surface area contributed by atoms with Crippen LogP contribution in [0, 0.1) is 0 Å². The Morgan fingerprint density at radius 1 is 0.610 bits per heavy atom. The monoisotopic (exact) mass is 541 g/mol. The molecule has 0 spiro atoms. The number of aromatic carboxylic acids is 2. The highest BCUT2D eigenvalue weighted by Crippen LogP contribution is 2.32. The van der Waals surface area contributed by atoms with Gasteiger partial charge in [-0.05, 0) is 48.5 Å². The van der Waals surface area contributed by atoms with E-state index in [0.717, 1.165) is 32.9 Å². The summed E-state index contributed by atoms with van der Waals surface area (Å²) in [7, 11) is 0. The maximum absolute atomic E-state index is 11.7. The molecule has 7 aromatic rings. The van der Waals surface area contributed by atoms with Gasteiger partial charge < -0.3 is 15.2 Å². The summed E-state index contributed by atoms with van der Waals surface area (Å²) in [6.45, 7) is 0. The lowest BCUT2D eigenvalue weighted by Crippen LogP contribution is -2.05. The van der Waals surface area contributed by atoms with Gasteiger partial charge in [-0.15, -0.1) is 10.2 Å². The van der Waals surface area contributed by atoms with E-state index in [9.17, 15) is 19.8 Å². The number of rotatable bonds is 6. The Hall–Kier alpha value is -6.10. The number of carbonyl (C=O) groups is 2. The molecule has 3 N–H and O–H groups in total. The van der Waals surface area contributed by atoms with Crippen LogP contribution in [0.1, 0.15) is 20.7 Å². The van der Waals surface area contributed by atoms with Gasteiger partial charge in [0.1, 0.15) is 11.4 Å². The summed E-state index contributed by atoms with van der Waals surface area (Å²) in [5, 5.41) is 38.0. The Morgan fingerprint density at radius 2 is 1.05 bits per heavy atom. The molecule has 0 fully saturated rings. The summed E-state index contributed by atoms with van der Waals surface area (Å²) in [4.78, 5) is 26.7. The minimum absolute atomic E-state index is 0.131. The molecule has 0 amide bonds. The van der Waals surface area contributed by atoms with E-state index in [0.29, 0.717) is 22.8 Å². The van der Waals surface area contributed by atoms with Crippen LogP contribution >= 0.6 is 0 Å². The molecule has 3 aromatic heterocycles. The van der Waals surface area contributed by atoms with Gasteiger partial charge >= 0.3 is 11.9 Å². The van der Waals surface area contributed by atoms with Crippen LogP contribution < -0.4 is 0 Å². The van der Waals surface area contributed by atoms with Gasteiger partial charge in [0.25, 0.3) is 0 Å². The van der Waals surface area contributed by atoms with Crippen molar-refractivity contribution in [3.63, 3.8) is 0 Å². The number of nitrogens with one attached hydrogen (secondary N) is 1. The fourth-order valence-corrected chi connectivity index (χ4v) is 4.95. The molecule has 0 aliphatic carbocycles. The van der Waals surface area contributed by atoms with E-state index in [2.05, 4.69) is 25.6 Å². The van der Waals surface area contributed by atoms with Crippen molar-refractivity contribution in [3.8, 4) is 33.9 Å². The average molecular weight is 542 g/mol. The number of carboxylic acids is 2. The predicted molar refractivity (Wildman–Crippen MR) is 150 cm³/mol. The standard InChI is InChI=1S/C30H19N7O4/c38-29(39)19-5-1-3-7-27(19)36-15-25(32-34-36)17-9-11-23-21(13-17)22-14-18(10-12-24(22)31-23)26-16-37(35-33-26)28-8-4-2-6-20(28)30(40)41/h1-16,31H,(H,38,39)(H,40,41). The van der Waals surface area contributed by atoms with Crippen molar-refractivity contribution in [1.29, 1.82) is 0 Å². The maximum Gasteiger partial charge on any atom is 0.337 e. The minimum Gasteiger partial charge on any atom is -0.478 e. The molecule has 11 nitrogen and oxygen atoms in total. The van der Waals surface area contributed by atoms with Crippen molar-refractivity contribution in [2.75, 3.05) is 0 Å². The summed E-state index contributed by atoms with van der Waals surface area (Å²) >= 11 is 0. The van der Waals surface area contributed by atoms with Crippen molar-refractivity contribution in [1.82, 2.24) is 35.0 Å². The average Bonchev–Trinajstić information content (AvgIpc) is 3.75. The van der Waals surface area contributed by atoms with Crippen molar-refractivity contribution in [2.45, 2.75) is 0 Å². The van der Waals surface area contributed by atoms with Crippen LogP contribution in [-0.2, 0) is 0 Å². The highest BCUT2D eigenvalue weighted by Gasteiger charge is 2.16. The summed E-state index contributed by atoms with van der Waals surface area (Å²) in [5.74, 6) is -2.08. The minimum atomic E-state index is -1.04. The Kier molecular flexibility index (Phi) is 5.42. The maximum atomic E-state index is 11.7. The van der Waals surface area contributed by atoms with Crippen molar-refractivity contribution >= 4 is 33.7 Å². The van der Waals surface area contributed by atoms with E-state index in [1.54, 1.807) is 48.8 Å². The van der Waals surface area contributed by atoms with Crippen LogP contribution in [0.2, 0.25) is 0 Å². The zero-order valence-corrected chi connectivity index (χ0v) is 21.1.